The molecular weight excluding hydrogens is 908 g/mol. The van der Waals surface area contributed by atoms with E-state index >= 15 is 4.39 Å². The maximum atomic E-state index is 15.2. The van der Waals surface area contributed by atoms with E-state index in [1.165, 1.54) is 11.0 Å². The van der Waals surface area contributed by atoms with E-state index in [2.05, 4.69) is 44.5 Å². The smallest absolute Gasteiger partial charge is 0.258 e. The minimum atomic E-state index is -1.27. The van der Waals surface area contributed by atoms with Gasteiger partial charge in [0.2, 0.25) is 29.5 Å². The van der Waals surface area contributed by atoms with Gasteiger partial charge >= 0.3 is 0 Å². The molecule has 68 heavy (non-hydrogen) atoms. The first-order valence-electron chi connectivity index (χ1n) is 22.8. The largest absolute Gasteiger partial charge is 0.476 e. The molecule has 1 aromatic carbocycles. The van der Waals surface area contributed by atoms with Crippen LogP contribution in [0.1, 0.15) is 90.7 Å². The molecule has 3 aromatic rings. The quantitative estimate of drug-likeness (QED) is 0.0187. The van der Waals surface area contributed by atoms with Crippen LogP contribution in [0.5, 0.6) is 0 Å². The number of unbranched alkanes of at least 4 members (excludes halogenated alkanes) is 2. The van der Waals surface area contributed by atoms with Crippen LogP contribution < -0.4 is 37.5 Å². The number of thiol groups is 1. The first-order chi connectivity index (χ1) is 32.5. The number of aryl methyl sites for hydroxylation is 1. The average molecular weight is 967 g/mol. The Morgan fingerprint density at radius 2 is 1.66 bits per heavy atom. The number of pyridine rings is 2. The number of fused-ring (bicyclic) bond motifs is 5. The highest BCUT2D eigenvalue weighted by atomic mass is 32.1. The number of hydrogen-bond donors (Lipinski definition) is 11. The molecule has 1 saturated heterocycles. The molecule has 7 rings (SSSR count). The zero-order valence-corrected chi connectivity index (χ0v) is 38.8. The van der Waals surface area contributed by atoms with Gasteiger partial charge in [-0.2, -0.15) is 12.6 Å². The average Bonchev–Trinajstić information content (AvgIpc) is 3.80. The number of hydrogen-bond acceptors (Lipinski definition) is 17. The van der Waals surface area contributed by atoms with Crippen LogP contribution in [0, 0.1) is 18.2 Å². The van der Waals surface area contributed by atoms with Crippen molar-refractivity contribution in [2.45, 2.75) is 108 Å². The van der Waals surface area contributed by atoms with Crippen molar-refractivity contribution in [1.29, 1.82) is 5.41 Å². The van der Waals surface area contributed by atoms with E-state index in [0.29, 0.717) is 78.7 Å². The zero-order chi connectivity index (χ0) is 48.8. The van der Waals surface area contributed by atoms with Crippen LogP contribution in [0.25, 0.3) is 22.3 Å². The van der Waals surface area contributed by atoms with Gasteiger partial charge in [0.25, 0.3) is 5.56 Å². The molecule has 5 amide bonds. The van der Waals surface area contributed by atoms with Crippen LogP contribution in [-0.2, 0) is 53.0 Å². The summed E-state index contributed by atoms with van der Waals surface area (Å²) in [6, 6.07) is 3.31. The molecule has 3 aliphatic heterocycles. The fourth-order valence-corrected chi connectivity index (χ4v) is 9.39. The Morgan fingerprint density at radius 1 is 0.956 bits per heavy atom. The van der Waals surface area contributed by atoms with Gasteiger partial charge in [0, 0.05) is 42.4 Å². The van der Waals surface area contributed by atoms with E-state index in [4.69, 9.17) is 19.9 Å². The maximum absolute atomic E-state index is 15.2. The summed E-state index contributed by atoms with van der Waals surface area (Å²) in [5.41, 5.74) is 5.81. The molecule has 5 unspecified atom stereocenters. The number of halogens is 1. The topological polar surface area (TPSA) is 299 Å². The molecule has 10 N–H and O–H groups in total. The summed E-state index contributed by atoms with van der Waals surface area (Å²) in [5.74, 6) is -2.87. The summed E-state index contributed by atoms with van der Waals surface area (Å²) in [6.45, 7) is 2.79. The molecular formula is C45H59FN10O11S. The lowest BCUT2D eigenvalue weighted by atomic mass is 9.78. The van der Waals surface area contributed by atoms with Gasteiger partial charge in [0.1, 0.15) is 37.7 Å². The SMILES string of the molecule is Cc1c(F)cc2nc3c(c4c2c1CCC4CNC(=O)COCNC(O)CNC(=O)CNC(O)CNC(=O)CNC(O)CCCCCN1C(=O)CC(S)C1=O)Cn1c-3cc2c(c1=O)COC(=N)[C@@H]2C. The van der Waals surface area contributed by atoms with Crippen molar-refractivity contribution < 1.29 is 53.2 Å². The van der Waals surface area contributed by atoms with E-state index in [1.54, 1.807) is 11.5 Å². The summed E-state index contributed by atoms with van der Waals surface area (Å²) in [7, 11) is 0. The van der Waals surface area contributed by atoms with Crippen LogP contribution in [0.2, 0.25) is 0 Å². The second-order valence-electron chi connectivity index (χ2n) is 17.5. The van der Waals surface area contributed by atoms with Crippen LogP contribution in [-0.4, -0.2) is 142 Å². The predicted molar refractivity (Wildman–Crippen MR) is 247 cm³/mol. The Hall–Kier alpha value is -5.40. The molecule has 6 atom stereocenters. The molecule has 4 aliphatic rings. The number of ether oxygens (including phenoxy) is 2. The number of nitrogens with zero attached hydrogens (tertiary/aromatic N) is 3. The van der Waals surface area contributed by atoms with Gasteiger partial charge in [-0.3, -0.25) is 55.0 Å². The van der Waals surface area contributed by atoms with Crippen LogP contribution >= 0.6 is 12.6 Å². The van der Waals surface area contributed by atoms with Crippen molar-refractivity contribution in [3.8, 4) is 11.4 Å². The Labute approximate surface area is 396 Å². The number of carbonyl (C=O) groups is 5. The summed E-state index contributed by atoms with van der Waals surface area (Å²) < 4.78 is 27.8. The van der Waals surface area contributed by atoms with E-state index in [1.807, 2.05) is 13.0 Å². The Balaban J connectivity index is 0.778. The fourth-order valence-electron chi connectivity index (χ4n) is 9.10. The normalized spacial score (nSPS) is 19.5. The molecule has 1 aliphatic carbocycles. The van der Waals surface area contributed by atoms with E-state index in [-0.39, 0.29) is 101 Å². The third kappa shape index (κ3) is 11.5. The maximum Gasteiger partial charge on any atom is 0.258 e. The van der Waals surface area contributed by atoms with Crippen molar-refractivity contribution >= 4 is 59.0 Å². The lowest BCUT2D eigenvalue weighted by Crippen LogP contribution is -2.48. The molecule has 2 aromatic heterocycles. The number of likely N-dealkylation sites (tertiary alicyclic amines) is 1. The molecule has 1 fully saturated rings. The summed E-state index contributed by atoms with van der Waals surface area (Å²) in [4.78, 5) is 81.1. The number of nitrogens with one attached hydrogen (secondary N) is 7. The zero-order valence-electron chi connectivity index (χ0n) is 37.9. The number of aromatic nitrogens is 2. The molecule has 0 spiro atoms. The fraction of sp³-hybridized carbons (Fsp3) is 0.556. The number of amides is 5. The Kier molecular flexibility index (Phi) is 16.6. The van der Waals surface area contributed by atoms with Crippen LogP contribution in [0.15, 0.2) is 16.9 Å². The minimum absolute atomic E-state index is 0.0108. The van der Waals surface area contributed by atoms with Crippen molar-refractivity contribution in [2.75, 3.05) is 52.6 Å². The molecule has 0 radical (unpaired) electrons. The third-order valence-electron chi connectivity index (χ3n) is 12.9. The van der Waals surface area contributed by atoms with Crippen molar-refractivity contribution in [2.24, 2.45) is 0 Å². The third-order valence-corrected chi connectivity index (χ3v) is 13.3. The molecule has 368 valence electrons. The summed E-state index contributed by atoms with van der Waals surface area (Å²) in [5, 5.41) is 54.7. The molecule has 5 heterocycles. The second-order valence-corrected chi connectivity index (χ2v) is 18.2. The highest BCUT2D eigenvalue weighted by Gasteiger charge is 2.37. The van der Waals surface area contributed by atoms with Crippen LogP contribution in [0.4, 0.5) is 4.39 Å². The molecule has 21 nitrogen and oxygen atoms in total. The predicted octanol–water partition coefficient (Wildman–Crippen LogP) is -0.822. The number of aliphatic hydroxyl groups is 3. The van der Waals surface area contributed by atoms with Gasteiger partial charge in [-0.15, -0.1) is 0 Å². The van der Waals surface area contributed by atoms with E-state index in [0.717, 1.165) is 22.1 Å². The second kappa shape index (κ2) is 22.4. The first kappa shape index (κ1) is 50.5. The van der Waals surface area contributed by atoms with Crippen molar-refractivity contribution in [3.63, 3.8) is 0 Å². The van der Waals surface area contributed by atoms with Gasteiger partial charge in [-0.25, -0.2) is 9.37 Å². The van der Waals surface area contributed by atoms with Gasteiger partial charge in [0.05, 0.1) is 73.1 Å². The van der Waals surface area contributed by atoms with E-state index in [9.17, 15) is 44.1 Å². The summed E-state index contributed by atoms with van der Waals surface area (Å²) >= 11 is 4.10. The number of imide groups is 1. The van der Waals surface area contributed by atoms with Gasteiger partial charge in [-0.1, -0.05) is 6.42 Å². The Morgan fingerprint density at radius 3 is 2.37 bits per heavy atom. The number of rotatable bonds is 23. The van der Waals surface area contributed by atoms with Crippen molar-refractivity contribution in [1.82, 2.24) is 46.4 Å². The summed E-state index contributed by atoms with van der Waals surface area (Å²) in [6.07, 6.45) is 0.00735. The van der Waals surface area contributed by atoms with Gasteiger partial charge in [0.15, 0.2) is 5.90 Å². The molecule has 0 bridgehead atoms. The molecule has 0 saturated carbocycles. The first-order valence-corrected chi connectivity index (χ1v) is 23.3. The van der Waals surface area contributed by atoms with Gasteiger partial charge in [-0.05, 0) is 74.3 Å². The standard InChI is InChI=1S/C45H59FN10O11S/c1-22-25-8-7-24(40-27-18-56-31(42(27)54-30(41(25)40)11-29(22)46)10-26-23(2)43(47)67-19-28(26)44(56)64)13-48-38(62)20-66-21-53-37(61)17-52-36(60)16-51-35(59)15-50-34(58)14-49-33(57)6-4-3-5-9-55-39(63)12-32(68)45(55)65/h10-11,23-24,32-33,35,37,47,49,51,53,57,59,61,68H,3-9,12-21H2,1-2H3,(H,48,62)(H,50,58)(H,52,60)/t23-,24?,32?,33?,35?,37?/m1/s1. The van der Waals surface area contributed by atoms with Crippen molar-refractivity contribution in [3.05, 3.63) is 61.7 Å². The monoisotopic (exact) mass is 966 g/mol. The number of carbonyl (C=O) groups excluding carboxylic acids is 5. The number of aliphatic hydroxyl groups excluding tert-OH is 3. The lowest BCUT2D eigenvalue weighted by molar-refractivity contribution is -0.138. The van der Waals surface area contributed by atoms with Crippen LogP contribution in [0.3, 0.4) is 0 Å². The highest BCUT2D eigenvalue weighted by molar-refractivity contribution is 7.81. The van der Waals surface area contributed by atoms with E-state index < -0.39 is 47.6 Å². The Bertz CT molecular complexity index is 2530. The number of benzene rings is 1. The minimum Gasteiger partial charge on any atom is -0.476 e. The molecule has 23 heteroatoms. The van der Waals surface area contributed by atoms with Gasteiger partial charge < -0.3 is 45.3 Å². The highest BCUT2D eigenvalue weighted by Crippen LogP contribution is 2.46. The lowest BCUT2D eigenvalue weighted by Gasteiger charge is -2.29.